The molecule has 0 radical (unpaired) electrons. The van der Waals surface area contributed by atoms with Gasteiger partial charge in [0.25, 0.3) is 0 Å². The minimum Gasteiger partial charge on any atom is -0.229 e. The van der Waals surface area contributed by atoms with E-state index in [4.69, 9.17) is 0 Å². The largest absolute Gasteiger partial charge is 0.229 e. The molecule has 0 fully saturated rings. The van der Waals surface area contributed by atoms with Crippen LogP contribution in [-0.2, 0) is 20.7 Å². The van der Waals surface area contributed by atoms with E-state index in [2.05, 4.69) is 89.2 Å². The van der Waals surface area contributed by atoms with Gasteiger partial charge in [0.1, 0.15) is 9.84 Å². The van der Waals surface area contributed by atoms with Gasteiger partial charge in [-0.15, -0.1) is 0 Å². The molecule has 0 amide bonds. The van der Waals surface area contributed by atoms with E-state index in [0.29, 0.717) is 5.41 Å². The van der Waals surface area contributed by atoms with Crippen molar-refractivity contribution in [3.05, 3.63) is 70.8 Å². The van der Waals surface area contributed by atoms with E-state index in [1.54, 1.807) is 13.8 Å². The molecule has 2 aromatic rings. The summed E-state index contributed by atoms with van der Waals surface area (Å²) in [6, 6.07) is 17.7. The zero-order chi connectivity index (χ0) is 22.6. The van der Waals surface area contributed by atoms with Gasteiger partial charge in [-0.1, -0.05) is 96.1 Å². The second kappa shape index (κ2) is 9.51. The van der Waals surface area contributed by atoms with Gasteiger partial charge in [0.2, 0.25) is 0 Å². The molecule has 2 aromatic carbocycles. The quantitative estimate of drug-likeness (QED) is 0.491. The lowest BCUT2D eigenvalue weighted by Crippen LogP contribution is -2.33. The Balaban J connectivity index is 0.000000396. The van der Waals surface area contributed by atoms with Crippen molar-refractivity contribution in [2.24, 2.45) is 0 Å². The molecular formula is C27H38O2S. The van der Waals surface area contributed by atoms with E-state index in [9.17, 15) is 8.42 Å². The zero-order valence-corrected chi connectivity index (χ0v) is 20.6. The van der Waals surface area contributed by atoms with Crippen LogP contribution in [0.4, 0.5) is 0 Å². The minimum absolute atomic E-state index is 0.267. The van der Waals surface area contributed by atoms with E-state index >= 15 is 0 Å². The average molecular weight is 427 g/mol. The summed E-state index contributed by atoms with van der Waals surface area (Å²) in [6.07, 6.45) is 4.81. The summed E-state index contributed by atoms with van der Waals surface area (Å²) in [4.78, 5) is 0. The highest BCUT2D eigenvalue weighted by atomic mass is 32.2. The van der Waals surface area contributed by atoms with Gasteiger partial charge in [0.15, 0.2) is 0 Å². The van der Waals surface area contributed by atoms with Gasteiger partial charge in [0.05, 0.1) is 0 Å². The molecule has 1 aliphatic rings. The Hall–Kier alpha value is -1.87. The first kappa shape index (κ1) is 24.4. The lowest BCUT2D eigenvalue weighted by Gasteiger charge is -2.42. The monoisotopic (exact) mass is 426 g/mol. The predicted molar refractivity (Wildman–Crippen MR) is 132 cm³/mol. The van der Waals surface area contributed by atoms with Crippen LogP contribution in [0.15, 0.2) is 48.5 Å². The van der Waals surface area contributed by atoms with Gasteiger partial charge in [-0.05, 0) is 58.4 Å². The van der Waals surface area contributed by atoms with Crippen LogP contribution < -0.4 is 0 Å². The lowest BCUT2D eigenvalue weighted by molar-refractivity contribution is 0.332. The number of hydrogen-bond acceptors (Lipinski definition) is 2. The predicted octanol–water partition coefficient (Wildman–Crippen LogP) is 7.04. The topological polar surface area (TPSA) is 34.1 Å². The molecule has 3 heteroatoms. The molecule has 0 N–H and O–H groups in total. The van der Waals surface area contributed by atoms with Crippen molar-refractivity contribution in [1.29, 1.82) is 0 Å². The summed E-state index contributed by atoms with van der Waals surface area (Å²) in [5.74, 6) is 0.535. The third-order valence-electron chi connectivity index (χ3n) is 6.37. The standard InChI is InChI=1S/C23H28.C4H10O2S/c1-17(15-18-9-7-6-8-10-18)19-11-12-20-21(16-19)23(4,5)14-13-22(20,2)3;1-3-7(5,6)4-2/h6-12,15-16H,13-14H2,1-5H3;3-4H2,1-2H3/b17-15+;. The maximum absolute atomic E-state index is 10.4. The molecule has 0 atom stereocenters. The Morgan fingerprint density at radius 1 is 0.867 bits per heavy atom. The van der Waals surface area contributed by atoms with E-state index in [0.717, 1.165) is 0 Å². The molecule has 30 heavy (non-hydrogen) atoms. The summed E-state index contributed by atoms with van der Waals surface area (Å²) < 4.78 is 20.7. The first-order chi connectivity index (χ1) is 13.9. The Kier molecular flexibility index (Phi) is 7.74. The number of allylic oxidation sites excluding steroid dienone is 1. The molecule has 0 unspecified atom stereocenters. The summed E-state index contributed by atoms with van der Waals surface area (Å²) in [6.45, 7) is 15.1. The third-order valence-corrected chi connectivity index (χ3v) is 8.13. The second-order valence-electron chi connectivity index (χ2n) is 9.59. The molecule has 0 aromatic heterocycles. The second-order valence-corrected chi connectivity index (χ2v) is 12.2. The normalized spacial score (nSPS) is 17.5. The number of benzene rings is 2. The summed E-state index contributed by atoms with van der Waals surface area (Å²) >= 11 is 0. The molecule has 0 spiro atoms. The fourth-order valence-corrected chi connectivity index (χ4v) is 4.33. The number of rotatable bonds is 4. The van der Waals surface area contributed by atoms with Crippen molar-refractivity contribution in [1.82, 2.24) is 0 Å². The van der Waals surface area contributed by atoms with Crippen LogP contribution in [0, 0.1) is 0 Å². The smallest absolute Gasteiger partial charge is 0.149 e. The molecule has 0 heterocycles. The van der Waals surface area contributed by atoms with Crippen LogP contribution >= 0.6 is 0 Å². The summed E-state index contributed by atoms with van der Waals surface area (Å²) in [7, 11) is -2.66. The Bertz CT molecular complexity index is 971. The van der Waals surface area contributed by atoms with Crippen molar-refractivity contribution in [2.75, 3.05) is 11.5 Å². The van der Waals surface area contributed by atoms with Crippen molar-refractivity contribution >= 4 is 21.5 Å². The molecule has 164 valence electrons. The van der Waals surface area contributed by atoms with E-state index < -0.39 is 9.84 Å². The lowest BCUT2D eigenvalue weighted by atomic mass is 9.63. The van der Waals surface area contributed by atoms with Crippen LogP contribution in [-0.4, -0.2) is 19.9 Å². The van der Waals surface area contributed by atoms with E-state index in [-0.39, 0.29) is 16.9 Å². The number of hydrogen-bond donors (Lipinski definition) is 0. The van der Waals surface area contributed by atoms with Crippen LogP contribution in [0.25, 0.3) is 11.6 Å². The zero-order valence-electron chi connectivity index (χ0n) is 19.7. The highest BCUT2D eigenvalue weighted by Gasteiger charge is 2.36. The minimum atomic E-state index is -2.66. The van der Waals surface area contributed by atoms with Crippen LogP contribution in [0.1, 0.15) is 83.6 Å². The fourth-order valence-electron chi connectivity index (χ4n) is 3.92. The molecule has 2 nitrogen and oxygen atoms in total. The summed E-state index contributed by atoms with van der Waals surface area (Å²) in [5, 5.41) is 0. The van der Waals surface area contributed by atoms with Gasteiger partial charge in [0, 0.05) is 11.5 Å². The molecule has 3 rings (SSSR count). The SMILES string of the molecule is C/C(=C\c1ccccc1)c1ccc2c(c1)C(C)(C)CCC2(C)C.CCS(=O)(=O)CC. The van der Waals surface area contributed by atoms with Gasteiger partial charge >= 0.3 is 0 Å². The molecule has 0 bridgehead atoms. The number of fused-ring (bicyclic) bond motifs is 1. The van der Waals surface area contributed by atoms with Gasteiger partial charge in [-0.2, -0.15) is 0 Å². The molecular weight excluding hydrogens is 388 g/mol. The maximum atomic E-state index is 10.4. The molecule has 0 saturated heterocycles. The third kappa shape index (κ3) is 6.07. The highest BCUT2D eigenvalue weighted by molar-refractivity contribution is 7.91. The molecule has 0 aliphatic heterocycles. The van der Waals surface area contributed by atoms with E-state index in [1.807, 2.05) is 0 Å². The number of sulfone groups is 1. The first-order valence-electron chi connectivity index (χ1n) is 11.0. The molecule has 1 aliphatic carbocycles. The van der Waals surface area contributed by atoms with Gasteiger partial charge in [-0.25, -0.2) is 8.42 Å². The van der Waals surface area contributed by atoms with Gasteiger partial charge in [-0.3, -0.25) is 0 Å². The Morgan fingerprint density at radius 3 is 1.90 bits per heavy atom. The molecule has 0 saturated carbocycles. The van der Waals surface area contributed by atoms with E-state index in [1.165, 1.54) is 40.7 Å². The highest BCUT2D eigenvalue weighted by Crippen LogP contribution is 2.46. The Morgan fingerprint density at radius 2 is 1.40 bits per heavy atom. The van der Waals surface area contributed by atoms with Crippen molar-refractivity contribution in [3.8, 4) is 0 Å². The van der Waals surface area contributed by atoms with Crippen molar-refractivity contribution in [2.45, 2.75) is 72.1 Å². The van der Waals surface area contributed by atoms with Gasteiger partial charge < -0.3 is 0 Å². The van der Waals surface area contributed by atoms with Crippen molar-refractivity contribution in [3.63, 3.8) is 0 Å². The average Bonchev–Trinajstić information content (AvgIpc) is 2.72. The van der Waals surface area contributed by atoms with Crippen molar-refractivity contribution < 1.29 is 8.42 Å². The fraction of sp³-hybridized carbons (Fsp3) is 0.481. The Labute approximate surface area is 184 Å². The van der Waals surface area contributed by atoms with Crippen LogP contribution in [0.5, 0.6) is 0 Å². The maximum Gasteiger partial charge on any atom is 0.149 e. The van der Waals surface area contributed by atoms with Crippen LogP contribution in [0.3, 0.4) is 0 Å². The first-order valence-corrected chi connectivity index (χ1v) is 12.8. The van der Waals surface area contributed by atoms with Crippen LogP contribution in [0.2, 0.25) is 0 Å². The summed E-state index contributed by atoms with van der Waals surface area (Å²) in [5.41, 5.74) is 7.57.